The van der Waals surface area contributed by atoms with Crippen LogP contribution in [-0.2, 0) is 6.61 Å². The standard InChI is InChI=1S/C23H20Cl2N2O4/c1-29-21-10-4-15(12-22(21)30-2)13-26-27-23(28)17-5-7-18(8-6-17)31-14-16-3-9-19(24)20(25)11-16/h3-13H,14H2,1-2H3,(H,27,28)/b26-13-. The number of nitrogens with zero attached hydrogens (tertiary/aromatic N) is 1. The van der Waals surface area contributed by atoms with Crippen LogP contribution in [0.1, 0.15) is 21.5 Å². The number of amides is 1. The van der Waals surface area contributed by atoms with Crippen LogP contribution in [0.2, 0.25) is 10.0 Å². The number of methoxy groups -OCH3 is 2. The number of carbonyl (C=O) groups is 1. The van der Waals surface area contributed by atoms with Gasteiger partial charge in [-0.25, -0.2) is 5.43 Å². The summed E-state index contributed by atoms with van der Waals surface area (Å²) in [5.74, 6) is 1.48. The van der Waals surface area contributed by atoms with Crippen LogP contribution in [0.4, 0.5) is 0 Å². The van der Waals surface area contributed by atoms with Crippen molar-refractivity contribution in [2.24, 2.45) is 5.10 Å². The molecule has 3 rings (SSSR count). The molecule has 0 heterocycles. The first-order chi connectivity index (χ1) is 15.0. The summed E-state index contributed by atoms with van der Waals surface area (Å²) in [6.45, 7) is 0.331. The lowest BCUT2D eigenvalue weighted by molar-refractivity contribution is 0.0955. The molecule has 0 saturated carbocycles. The van der Waals surface area contributed by atoms with Crippen LogP contribution in [0.25, 0.3) is 0 Å². The zero-order valence-electron chi connectivity index (χ0n) is 16.9. The zero-order valence-corrected chi connectivity index (χ0v) is 18.4. The molecule has 8 heteroatoms. The predicted molar refractivity (Wildman–Crippen MR) is 122 cm³/mol. The Labute approximate surface area is 190 Å². The number of carbonyl (C=O) groups excluding carboxylic acids is 1. The number of rotatable bonds is 8. The summed E-state index contributed by atoms with van der Waals surface area (Å²) < 4.78 is 16.2. The molecule has 1 amide bonds. The van der Waals surface area contributed by atoms with Crippen molar-refractivity contribution in [2.75, 3.05) is 14.2 Å². The molecule has 0 unspecified atom stereocenters. The van der Waals surface area contributed by atoms with E-state index in [0.717, 1.165) is 11.1 Å². The Kier molecular flexibility index (Phi) is 7.76. The highest BCUT2D eigenvalue weighted by Gasteiger charge is 2.06. The van der Waals surface area contributed by atoms with Crippen LogP contribution in [0.3, 0.4) is 0 Å². The second-order valence-corrected chi connectivity index (χ2v) is 7.19. The quantitative estimate of drug-likeness (QED) is 0.364. The highest BCUT2D eigenvalue weighted by molar-refractivity contribution is 6.42. The number of benzene rings is 3. The molecule has 0 aliphatic rings. The van der Waals surface area contributed by atoms with Crippen molar-refractivity contribution in [1.82, 2.24) is 5.43 Å². The van der Waals surface area contributed by atoms with E-state index in [1.807, 2.05) is 6.07 Å². The van der Waals surface area contributed by atoms with E-state index in [-0.39, 0.29) is 5.91 Å². The molecule has 0 bridgehead atoms. The van der Waals surface area contributed by atoms with Crippen molar-refractivity contribution in [3.8, 4) is 17.2 Å². The normalized spacial score (nSPS) is 10.7. The lowest BCUT2D eigenvalue weighted by Crippen LogP contribution is -2.17. The van der Waals surface area contributed by atoms with Gasteiger partial charge in [0.25, 0.3) is 5.91 Å². The highest BCUT2D eigenvalue weighted by Crippen LogP contribution is 2.27. The van der Waals surface area contributed by atoms with Gasteiger partial charge in [-0.1, -0.05) is 29.3 Å². The topological polar surface area (TPSA) is 69.2 Å². The number of ether oxygens (including phenoxy) is 3. The first kappa shape index (κ1) is 22.5. The van der Waals surface area contributed by atoms with Gasteiger partial charge in [-0.2, -0.15) is 5.10 Å². The van der Waals surface area contributed by atoms with Crippen LogP contribution in [0, 0.1) is 0 Å². The molecule has 1 N–H and O–H groups in total. The molecular formula is C23H20Cl2N2O4. The Hall–Kier alpha value is -3.22. The molecule has 0 saturated heterocycles. The van der Waals surface area contributed by atoms with E-state index in [1.54, 1.807) is 68.8 Å². The highest BCUT2D eigenvalue weighted by atomic mass is 35.5. The van der Waals surface area contributed by atoms with Crippen LogP contribution in [-0.4, -0.2) is 26.3 Å². The summed E-state index contributed by atoms with van der Waals surface area (Å²) in [4.78, 5) is 12.3. The SMILES string of the molecule is COc1ccc(/C=N\NC(=O)c2ccc(OCc3ccc(Cl)c(Cl)c3)cc2)cc1OC. The van der Waals surface area contributed by atoms with Gasteiger partial charge < -0.3 is 14.2 Å². The summed E-state index contributed by atoms with van der Waals surface area (Å²) in [6.07, 6.45) is 1.52. The summed E-state index contributed by atoms with van der Waals surface area (Å²) in [6, 6.07) is 17.4. The molecule has 0 atom stereocenters. The van der Waals surface area contributed by atoms with Crippen molar-refractivity contribution in [3.05, 3.63) is 87.4 Å². The van der Waals surface area contributed by atoms with E-state index in [0.29, 0.717) is 39.5 Å². The van der Waals surface area contributed by atoms with E-state index < -0.39 is 0 Å². The van der Waals surface area contributed by atoms with Gasteiger partial charge in [0.15, 0.2) is 11.5 Å². The number of hydrogen-bond acceptors (Lipinski definition) is 5. The van der Waals surface area contributed by atoms with Crippen molar-refractivity contribution in [1.29, 1.82) is 0 Å². The maximum Gasteiger partial charge on any atom is 0.271 e. The van der Waals surface area contributed by atoms with Crippen LogP contribution < -0.4 is 19.6 Å². The fourth-order valence-electron chi connectivity index (χ4n) is 2.66. The third-order valence-electron chi connectivity index (χ3n) is 4.29. The van der Waals surface area contributed by atoms with Crippen molar-refractivity contribution in [2.45, 2.75) is 6.61 Å². The van der Waals surface area contributed by atoms with Crippen LogP contribution >= 0.6 is 23.2 Å². The molecule has 160 valence electrons. The summed E-state index contributed by atoms with van der Waals surface area (Å²) in [7, 11) is 3.12. The van der Waals surface area contributed by atoms with Gasteiger partial charge in [0, 0.05) is 5.56 Å². The van der Waals surface area contributed by atoms with Crippen molar-refractivity contribution >= 4 is 35.3 Å². The molecule has 0 aliphatic carbocycles. The van der Waals surface area contributed by atoms with E-state index in [9.17, 15) is 4.79 Å². The number of nitrogens with one attached hydrogen (secondary N) is 1. The largest absolute Gasteiger partial charge is 0.493 e. The van der Waals surface area contributed by atoms with Crippen LogP contribution in [0.5, 0.6) is 17.2 Å². The Morgan fingerprint density at radius 2 is 1.68 bits per heavy atom. The lowest BCUT2D eigenvalue weighted by Gasteiger charge is -2.08. The smallest absolute Gasteiger partial charge is 0.271 e. The van der Waals surface area contributed by atoms with E-state index >= 15 is 0 Å². The maximum absolute atomic E-state index is 12.3. The third-order valence-corrected chi connectivity index (χ3v) is 5.03. The first-order valence-electron chi connectivity index (χ1n) is 9.22. The Morgan fingerprint density at radius 1 is 0.935 bits per heavy atom. The Balaban J connectivity index is 1.55. The molecule has 6 nitrogen and oxygen atoms in total. The maximum atomic E-state index is 12.3. The van der Waals surface area contributed by atoms with E-state index in [1.165, 1.54) is 6.21 Å². The Bertz CT molecular complexity index is 1090. The molecule has 0 aromatic heterocycles. The van der Waals surface area contributed by atoms with E-state index in [2.05, 4.69) is 10.5 Å². The molecule has 3 aromatic rings. The van der Waals surface area contributed by atoms with Gasteiger partial charge in [-0.3, -0.25) is 4.79 Å². The van der Waals surface area contributed by atoms with E-state index in [4.69, 9.17) is 37.4 Å². The number of hydrazone groups is 1. The van der Waals surface area contributed by atoms with Gasteiger partial charge in [-0.15, -0.1) is 0 Å². The predicted octanol–water partition coefficient (Wildman–Crippen LogP) is 5.35. The summed E-state index contributed by atoms with van der Waals surface area (Å²) in [5, 5.41) is 4.96. The van der Waals surface area contributed by atoms with Crippen molar-refractivity contribution in [3.63, 3.8) is 0 Å². The molecule has 0 spiro atoms. The van der Waals surface area contributed by atoms with Crippen LogP contribution in [0.15, 0.2) is 65.8 Å². The first-order valence-corrected chi connectivity index (χ1v) is 9.98. The summed E-state index contributed by atoms with van der Waals surface area (Å²) >= 11 is 11.9. The fourth-order valence-corrected chi connectivity index (χ4v) is 2.98. The zero-order chi connectivity index (χ0) is 22.2. The average Bonchev–Trinajstić information content (AvgIpc) is 2.80. The van der Waals surface area contributed by atoms with Gasteiger partial charge in [-0.05, 0) is 65.7 Å². The minimum atomic E-state index is -0.340. The third kappa shape index (κ3) is 6.13. The second kappa shape index (κ2) is 10.7. The molecule has 31 heavy (non-hydrogen) atoms. The molecule has 0 radical (unpaired) electrons. The Morgan fingerprint density at radius 3 is 2.35 bits per heavy atom. The molecule has 3 aromatic carbocycles. The van der Waals surface area contributed by atoms with Gasteiger partial charge in [0.2, 0.25) is 0 Å². The van der Waals surface area contributed by atoms with Crippen molar-refractivity contribution < 1.29 is 19.0 Å². The molecule has 0 fully saturated rings. The summed E-state index contributed by atoms with van der Waals surface area (Å²) in [5.41, 5.74) is 4.59. The number of halogens is 2. The minimum absolute atomic E-state index is 0.331. The fraction of sp³-hybridized carbons (Fsp3) is 0.130. The van der Waals surface area contributed by atoms with Gasteiger partial charge >= 0.3 is 0 Å². The number of hydrogen-bond donors (Lipinski definition) is 1. The molecular weight excluding hydrogens is 439 g/mol. The van der Waals surface area contributed by atoms with Gasteiger partial charge in [0.1, 0.15) is 12.4 Å². The monoisotopic (exact) mass is 458 g/mol. The second-order valence-electron chi connectivity index (χ2n) is 6.38. The minimum Gasteiger partial charge on any atom is -0.493 e. The molecule has 0 aliphatic heterocycles. The van der Waals surface area contributed by atoms with Gasteiger partial charge in [0.05, 0.1) is 30.5 Å². The average molecular weight is 459 g/mol. The lowest BCUT2D eigenvalue weighted by atomic mass is 10.2.